The van der Waals surface area contributed by atoms with Crippen molar-refractivity contribution < 1.29 is 4.74 Å². The number of rotatable bonds is 3. The van der Waals surface area contributed by atoms with E-state index in [4.69, 9.17) is 4.74 Å². The van der Waals surface area contributed by atoms with Crippen LogP contribution in [0.25, 0.3) is 5.65 Å². The number of hydrogen-bond acceptors (Lipinski definition) is 3. The highest BCUT2D eigenvalue weighted by Crippen LogP contribution is 2.34. The first kappa shape index (κ1) is 16.5. The van der Waals surface area contributed by atoms with Gasteiger partial charge in [-0.15, -0.1) is 24.0 Å². The number of imidazole rings is 1. The number of nitrogens with zero attached hydrogens (tertiary/aromatic N) is 3. The third kappa shape index (κ3) is 3.45. The molecular weight excluding hydrogens is 405 g/mol. The van der Waals surface area contributed by atoms with Gasteiger partial charge in [0.05, 0.1) is 30.5 Å². The molecule has 0 amide bonds. The molecule has 2 bridgehead atoms. The van der Waals surface area contributed by atoms with Gasteiger partial charge in [0.2, 0.25) is 0 Å². The van der Waals surface area contributed by atoms with E-state index in [-0.39, 0.29) is 24.0 Å². The molecule has 2 aromatic rings. The second kappa shape index (κ2) is 7.04. The lowest BCUT2D eigenvalue weighted by molar-refractivity contribution is 0.0992. The smallest absolute Gasteiger partial charge is 0.191 e. The second-order valence-electron chi connectivity index (χ2n) is 5.98. The molecule has 0 radical (unpaired) electrons. The summed E-state index contributed by atoms with van der Waals surface area (Å²) in [5.74, 6) is 0.818. The quantitative estimate of drug-likeness (QED) is 0.447. The summed E-state index contributed by atoms with van der Waals surface area (Å²) in [5.41, 5.74) is 1.96. The predicted molar refractivity (Wildman–Crippen MR) is 100 cm³/mol. The van der Waals surface area contributed by atoms with Crippen LogP contribution in [0.5, 0.6) is 0 Å². The minimum Gasteiger partial charge on any atom is -0.373 e. The fourth-order valence-corrected chi connectivity index (χ4v) is 3.41. The highest BCUT2D eigenvalue weighted by molar-refractivity contribution is 14.0. The van der Waals surface area contributed by atoms with Crippen LogP contribution < -0.4 is 10.6 Å². The van der Waals surface area contributed by atoms with Gasteiger partial charge in [0, 0.05) is 19.4 Å². The van der Waals surface area contributed by atoms with E-state index in [2.05, 4.69) is 20.6 Å². The molecular formula is C16H22IN5O. The Morgan fingerprint density at radius 3 is 3.04 bits per heavy atom. The number of aromatic nitrogens is 2. The summed E-state index contributed by atoms with van der Waals surface area (Å²) in [6, 6.07) is 6.38. The van der Waals surface area contributed by atoms with E-state index in [9.17, 15) is 0 Å². The Labute approximate surface area is 152 Å². The van der Waals surface area contributed by atoms with E-state index < -0.39 is 0 Å². The van der Waals surface area contributed by atoms with Gasteiger partial charge in [0.1, 0.15) is 5.65 Å². The molecule has 6 nitrogen and oxygen atoms in total. The minimum atomic E-state index is 0. The van der Waals surface area contributed by atoms with E-state index >= 15 is 0 Å². The van der Waals surface area contributed by atoms with Crippen LogP contribution in [0, 0.1) is 0 Å². The number of nitrogens with one attached hydrogen (secondary N) is 2. The van der Waals surface area contributed by atoms with Gasteiger partial charge < -0.3 is 19.8 Å². The van der Waals surface area contributed by atoms with E-state index in [0.717, 1.165) is 30.1 Å². The molecule has 2 aromatic heterocycles. The molecule has 0 aromatic carbocycles. The van der Waals surface area contributed by atoms with Crippen LogP contribution in [0.3, 0.4) is 0 Å². The molecule has 2 saturated heterocycles. The number of aliphatic imine (C=N–C) groups is 1. The Bertz CT molecular complexity index is 668. The average molecular weight is 427 g/mol. The average Bonchev–Trinajstić information content (AvgIpc) is 3.25. The molecule has 2 aliphatic heterocycles. The first-order valence-electron chi connectivity index (χ1n) is 7.87. The van der Waals surface area contributed by atoms with Crippen molar-refractivity contribution in [1.82, 2.24) is 20.0 Å². The van der Waals surface area contributed by atoms with Gasteiger partial charge >= 0.3 is 0 Å². The van der Waals surface area contributed by atoms with Gasteiger partial charge in [-0.2, -0.15) is 0 Å². The fourth-order valence-electron chi connectivity index (χ4n) is 3.41. The lowest BCUT2D eigenvalue weighted by atomic mass is 9.96. The number of fused-ring (bicyclic) bond motifs is 3. The molecule has 0 aliphatic carbocycles. The normalized spacial score (nSPS) is 26.3. The van der Waals surface area contributed by atoms with Crippen molar-refractivity contribution in [3.63, 3.8) is 0 Å². The predicted octanol–water partition coefficient (Wildman–Crippen LogP) is 1.94. The molecule has 124 valence electrons. The lowest BCUT2D eigenvalue weighted by Crippen LogP contribution is -2.47. The van der Waals surface area contributed by atoms with Crippen LogP contribution >= 0.6 is 24.0 Å². The Kier molecular flexibility index (Phi) is 5.05. The zero-order valence-corrected chi connectivity index (χ0v) is 15.4. The van der Waals surface area contributed by atoms with Crippen molar-refractivity contribution >= 4 is 35.6 Å². The van der Waals surface area contributed by atoms with Gasteiger partial charge in [-0.05, 0) is 31.4 Å². The summed E-state index contributed by atoms with van der Waals surface area (Å²) < 4.78 is 7.90. The Hall–Kier alpha value is -1.35. The lowest BCUT2D eigenvalue weighted by Gasteiger charge is -2.22. The first-order chi connectivity index (χ1) is 10.8. The van der Waals surface area contributed by atoms with Crippen molar-refractivity contribution in [3.05, 3.63) is 36.3 Å². The maximum atomic E-state index is 5.87. The van der Waals surface area contributed by atoms with Gasteiger partial charge in [-0.25, -0.2) is 4.98 Å². The zero-order chi connectivity index (χ0) is 14.9. The molecule has 7 heteroatoms. The number of halogens is 1. The van der Waals surface area contributed by atoms with Crippen LogP contribution in [-0.4, -0.2) is 40.6 Å². The highest BCUT2D eigenvalue weighted by atomic mass is 127. The van der Waals surface area contributed by atoms with E-state index in [1.54, 1.807) is 7.05 Å². The molecule has 2 N–H and O–H groups in total. The number of guanidine groups is 1. The van der Waals surface area contributed by atoms with Gasteiger partial charge in [-0.1, -0.05) is 6.07 Å². The molecule has 4 rings (SSSR count). The molecule has 0 saturated carbocycles. The number of pyridine rings is 1. The van der Waals surface area contributed by atoms with Crippen molar-refractivity contribution in [1.29, 1.82) is 0 Å². The third-order valence-corrected chi connectivity index (χ3v) is 4.50. The molecule has 3 atom stereocenters. The Morgan fingerprint density at radius 1 is 1.43 bits per heavy atom. The van der Waals surface area contributed by atoms with E-state index in [0.29, 0.717) is 24.8 Å². The summed E-state index contributed by atoms with van der Waals surface area (Å²) in [6.07, 6.45) is 8.28. The Morgan fingerprint density at radius 2 is 2.35 bits per heavy atom. The van der Waals surface area contributed by atoms with Crippen LogP contribution in [0.15, 0.2) is 35.6 Å². The van der Waals surface area contributed by atoms with Crippen molar-refractivity contribution in [2.75, 3.05) is 7.05 Å². The molecule has 0 spiro atoms. The zero-order valence-electron chi connectivity index (χ0n) is 13.1. The summed E-state index contributed by atoms with van der Waals surface area (Å²) >= 11 is 0. The Balaban J connectivity index is 0.00000156. The monoisotopic (exact) mass is 427 g/mol. The second-order valence-corrected chi connectivity index (χ2v) is 5.98. The van der Waals surface area contributed by atoms with Gasteiger partial charge in [0.15, 0.2) is 5.96 Å². The summed E-state index contributed by atoms with van der Waals surface area (Å²) in [7, 11) is 1.80. The molecule has 3 unspecified atom stereocenters. The summed E-state index contributed by atoms with van der Waals surface area (Å²) in [5, 5.41) is 6.82. The standard InChI is InChI=1S/C16H21N5O.HI/c1-17-16(20-13-8-12-5-6-14(13)22-12)18-9-11-10-21-7-3-2-4-15(21)19-11;/h2-4,7,10,12-14H,5-6,8-9H2,1H3,(H2,17,18,20);1H. The molecule has 4 heterocycles. The molecule has 23 heavy (non-hydrogen) atoms. The SMILES string of the molecule is CN=C(NCc1cn2ccccc2n1)NC1CC2CCC1O2.I. The maximum absolute atomic E-state index is 5.87. The highest BCUT2D eigenvalue weighted by Gasteiger charge is 2.41. The first-order valence-corrected chi connectivity index (χ1v) is 7.87. The van der Waals surface area contributed by atoms with Gasteiger partial charge in [0.25, 0.3) is 0 Å². The van der Waals surface area contributed by atoms with Crippen molar-refractivity contribution in [2.45, 2.75) is 44.1 Å². The number of ether oxygens (including phenoxy) is 1. The largest absolute Gasteiger partial charge is 0.373 e. The van der Waals surface area contributed by atoms with Crippen LogP contribution in [0.1, 0.15) is 25.0 Å². The molecule has 2 aliphatic rings. The van der Waals surface area contributed by atoms with Crippen LogP contribution in [-0.2, 0) is 11.3 Å². The summed E-state index contributed by atoms with van der Waals surface area (Å²) in [4.78, 5) is 8.89. The third-order valence-electron chi connectivity index (χ3n) is 4.50. The topological polar surface area (TPSA) is 63.0 Å². The van der Waals surface area contributed by atoms with Crippen LogP contribution in [0.2, 0.25) is 0 Å². The number of hydrogen-bond donors (Lipinski definition) is 2. The van der Waals surface area contributed by atoms with Gasteiger partial charge in [-0.3, -0.25) is 4.99 Å². The van der Waals surface area contributed by atoms with Crippen molar-refractivity contribution in [2.24, 2.45) is 4.99 Å². The summed E-state index contributed by atoms with van der Waals surface area (Å²) in [6.45, 7) is 0.656. The maximum Gasteiger partial charge on any atom is 0.191 e. The minimum absolute atomic E-state index is 0. The van der Waals surface area contributed by atoms with Crippen LogP contribution in [0.4, 0.5) is 0 Å². The van der Waals surface area contributed by atoms with E-state index in [1.165, 1.54) is 6.42 Å². The molecule has 2 fully saturated rings. The fraction of sp³-hybridized carbons (Fsp3) is 0.500. The van der Waals surface area contributed by atoms with Crippen molar-refractivity contribution in [3.8, 4) is 0 Å². The van der Waals surface area contributed by atoms with E-state index in [1.807, 2.05) is 35.0 Å².